The van der Waals surface area contributed by atoms with E-state index in [-0.39, 0.29) is 31.4 Å². The van der Waals surface area contributed by atoms with Crippen molar-refractivity contribution in [3.8, 4) is 5.75 Å². The number of nitrogens with zero attached hydrogens (tertiary/aromatic N) is 1. The molecule has 2 aromatic rings. The molecule has 1 aliphatic heterocycles. The van der Waals surface area contributed by atoms with E-state index in [4.69, 9.17) is 9.47 Å². The molecule has 2 aromatic carbocycles. The highest BCUT2D eigenvalue weighted by Crippen LogP contribution is 2.28. The third-order valence-corrected chi connectivity index (χ3v) is 5.53. The first-order valence-corrected chi connectivity index (χ1v) is 11.1. The maximum absolute atomic E-state index is 12.5. The number of nitrogens with one attached hydrogen (secondary N) is 1. The van der Waals surface area contributed by atoms with Gasteiger partial charge in [-0.2, -0.15) is 0 Å². The lowest BCUT2D eigenvalue weighted by molar-refractivity contribution is -0.151. The standard InChI is InChI=1S/C25H30N2O5/c1-4-17-8-7-9-18(5-2)24(17)26-22(28)16-32-25(30)19-14-23(29)27(15-19)20-10-12-21(13-11-20)31-6-3/h7-13,19H,4-6,14-16H2,1-3H3,(H,26,28)/t19-/m1/s1. The Hall–Kier alpha value is -3.35. The number of hydrogen-bond acceptors (Lipinski definition) is 5. The van der Waals surface area contributed by atoms with Crippen molar-refractivity contribution in [2.75, 3.05) is 30.0 Å². The fraction of sp³-hybridized carbons (Fsp3) is 0.400. The summed E-state index contributed by atoms with van der Waals surface area (Å²) in [5.41, 5.74) is 3.57. The van der Waals surface area contributed by atoms with E-state index < -0.39 is 11.9 Å². The van der Waals surface area contributed by atoms with Gasteiger partial charge in [-0.15, -0.1) is 0 Å². The van der Waals surface area contributed by atoms with E-state index in [2.05, 4.69) is 5.32 Å². The molecule has 32 heavy (non-hydrogen) atoms. The number of hydrogen-bond donors (Lipinski definition) is 1. The molecular formula is C25H30N2O5. The van der Waals surface area contributed by atoms with Gasteiger partial charge in [-0.3, -0.25) is 14.4 Å². The Bertz CT molecular complexity index is 949. The first kappa shape index (κ1) is 23.3. The molecule has 1 heterocycles. The van der Waals surface area contributed by atoms with Crippen LogP contribution in [0, 0.1) is 5.92 Å². The lowest BCUT2D eigenvalue weighted by atomic mass is 10.0. The Kier molecular flexibility index (Phi) is 7.87. The van der Waals surface area contributed by atoms with Crippen LogP contribution in [-0.2, 0) is 32.0 Å². The molecule has 1 N–H and O–H groups in total. The van der Waals surface area contributed by atoms with Gasteiger partial charge in [-0.25, -0.2) is 0 Å². The molecule has 7 heteroatoms. The van der Waals surface area contributed by atoms with Crippen LogP contribution < -0.4 is 15.0 Å². The summed E-state index contributed by atoms with van der Waals surface area (Å²) in [7, 11) is 0. The van der Waals surface area contributed by atoms with Gasteiger partial charge in [0.2, 0.25) is 5.91 Å². The minimum atomic E-state index is -0.601. The summed E-state index contributed by atoms with van der Waals surface area (Å²) in [5.74, 6) is -0.954. The predicted molar refractivity (Wildman–Crippen MR) is 123 cm³/mol. The molecule has 0 radical (unpaired) electrons. The van der Waals surface area contributed by atoms with Gasteiger partial charge in [0.1, 0.15) is 5.75 Å². The molecular weight excluding hydrogens is 408 g/mol. The van der Waals surface area contributed by atoms with Gasteiger partial charge < -0.3 is 19.7 Å². The second-order valence-corrected chi connectivity index (χ2v) is 7.65. The van der Waals surface area contributed by atoms with E-state index in [0.717, 1.165) is 35.4 Å². The van der Waals surface area contributed by atoms with Crippen molar-refractivity contribution < 1.29 is 23.9 Å². The number of anilines is 2. The number of esters is 1. The molecule has 0 aliphatic carbocycles. The Labute approximate surface area is 188 Å². The fourth-order valence-electron chi connectivity index (χ4n) is 3.84. The summed E-state index contributed by atoms with van der Waals surface area (Å²) < 4.78 is 10.7. The highest BCUT2D eigenvalue weighted by Gasteiger charge is 2.36. The first-order valence-electron chi connectivity index (χ1n) is 11.1. The third kappa shape index (κ3) is 5.46. The summed E-state index contributed by atoms with van der Waals surface area (Å²) in [6, 6.07) is 13.1. The number of carbonyl (C=O) groups excluding carboxylic acids is 3. The van der Waals surface area contributed by atoms with Crippen LogP contribution in [0.2, 0.25) is 0 Å². The van der Waals surface area contributed by atoms with Crippen molar-refractivity contribution in [3.63, 3.8) is 0 Å². The molecule has 0 aromatic heterocycles. The van der Waals surface area contributed by atoms with Crippen LogP contribution in [0.3, 0.4) is 0 Å². The predicted octanol–water partition coefficient (Wildman–Crippen LogP) is 3.74. The van der Waals surface area contributed by atoms with Crippen molar-refractivity contribution >= 4 is 29.2 Å². The van der Waals surface area contributed by atoms with Gasteiger partial charge in [0.05, 0.1) is 12.5 Å². The second-order valence-electron chi connectivity index (χ2n) is 7.65. The lowest BCUT2D eigenvalue weighted by Gasteiger charge is -2.17. The average molecular weight is 439 g/mol. The van der Waals surface area contributed by atoms with Gasteiger partial charge in [-0.05, 0) is 55.2 Å². The van der Waals surface area contributed by atoms with Crippen molar-refractivity contribution in [2.45, 2.75) is 40.0 Å². The van der Waals surface area contributed by atoms with Crippen LogP contribution in [0.5, 0.6) is 5.75 Å². The zero-order chi connectivity index (χ0) is 23.1. The van der Waals surface area contributed by atoms with E-state index in [9.17, 15) is 14.4 Å². The first-order chi connectivity index (χ1) is 15.5. The number of rotatable bonds is 9. The van der Waals surface area contributed by atoms with Crippen LogP contribution in [0.4, 0.5) is 11.4 Å². The largest absolute Gasteiger partial charge is 0.494 e. The molecule has 2 amide bonds. The summed E-state index contributed by atoms with van der Waals surface area (Å²) in [6.07, 6.45) is 1.63. The van der Waals surface area contributed by atoms with Gasteiger partial charge >= 0.3 is 5.97 Å². The van der Waals surface area contributed by atoms with Crippen molar-refractivity contribution in [1.82, 2.24) is 0 Å². The highest BCUT2D eigenvalue weighted by atomic mass is 16.5. The molecule has 0 unspecified atom stereocenters. The second kappa shape index (κ2) is 10.8. The zero-order valence-corrected chi connectivity index (χ0v) is 18.8. The van der Waals surface area contributed by atoms with Crippen molar-refractivity contribution in [2.24, 2.45) is 5.92 Å². The Morgan fingerprint density at radius 2 is 1.69 bits per heavy atom. The summed E-state index contributed by atoms with van der Waals surface area (Å²) >= 11 is 0. The normalized spacial score (nSPS) is 15.5. The van der Waals surface area contributed by atoms with Crippen molar-refractivity contribution in [1.29, 1.82) is 0 Å². The molecule has 1 atom stereocenters. The molecule has 0 bridgehead atoms. The lowest BCUT2D eigenvalue weighted by Crippen LogP contribution is -2.28. The molecule has 1 saturated heterocycles. The highest BCUT2D eigenvalue weighted by molar-refractivity contribution is 6.00. The summed E-state index contributed by atoms with van der Waals surface area (Å²) in [5, 5.41) is 2.88. The van der Waals surface area contributed by atoms with Crippen LogP contribution in [0.1, 0.15) is 38.3 Å². The maximum Gasteiger partial charge on any atom is 0.311 e. The summed E-state index contributed by atoms with van der Waals surface area (Å²) in [6.45, 7) is 6.36. The van der Waals surface area contributed by atoms with E-state index >= 15 is 0 Å². The van der Waals surface area contributed by atoms with Crippen molar-refractivity contribution in [3.05, 3.63) is 53.6 Å². The minimum absolute atomic E-state index is 0.0618. The number of amides is 2. The molecule has 3 rings (SSSR count). The van der Waals surface area contributed by atoms with E-state index in [1.807, 2.05) is 39.0 Å². The molecule has 1 aliphatic rings. The summed E-state index contributed by atoms with van der Waals surface area (Å²) in [4.78, 5) is 38.9. The van der Waals surface area contributed by atoms with Gasteiger partial charge in [0.15, 0.2) is 6.61 Å². The van der Waals surface area contributed by atoms with Crippen LogP contribution in [-0.4, -0.2) is 37.5 Å². The number of ether oxygens (including phenoxy) is 2. The molecule has 0 saturated carbocycles. The molecule has 7 nitrogen and oxygen atoms in total. The van der Waals surface area contributed by atoms with Gasteiger partial charge in [0.25, 0.3) is 5.91 Å². The van der Waals surface area contributed by atoms with Crippen LogP contribution in [0.25, 0.3) is 0 Å². The minimum Gasteiger partial charge on any atom is -0.494 e. The van der Waals surface area contributed by atoms with E-state index in [0.29, 0.717) is 12.3 Å². The number of benzene rings is 2. The Morgan fingerprint density at radius 1 is 1.03 bits per heavy atom. The number of para-hydroxylation sites is 1. The SMILES string of the molecule is CCOc1ccc(N2C[C@H](C(=O)OCC(=O)Nc3c(CC)cccc3CC)CC2=O)cc1. The van der Waals surface area contributed by atoms with Crippen LogP contribution in [0.15, 0.2) is 42.5 Å². The Morgan fingerprint density at radius 3 is 2.28 bits per heavy atom. The molecule has 0 spiro atoms. The fourth-order valence-corrected chi connectivity index (χ4v) is 3.84. The van der Waals surface area contributed by atoms with Gasteiger partial charge in [0, 0.05) is 24.3 Å². The number of aryl methyl sites for hydroxylation is 2. The molecule has 1 fully saturated rings. The van der Waals surface area contributed by atoms with E-state index in [1.54, 1.807) is 29.2 Å². The van der Waals surface area contributed by atoms with Gasteiger partial charge in [-0.1, -0.05) is 32.0 Å². The number of carbonyl (C=O) groups is 3. The average Bonchev–Trinajstić information content (AvgIpc) is 3.20. The molecule has 170 valence electrons. The maximum atomic E-state index is 12.5. The topological polar surface area (TPSA) is 84.9 Å². The third-order valence-electron chi connectivity index (χ3n) is 5.53. The van der Waals surface area contributed by atoms with E-state index in [1.165, 1.54) is 0 Å². The monoisotopic (exact) mass is 438 g/mol. The smallest absolute Gasteiger partial charge is 0.311 e. The van der Waals surface area contributed by atoms with Crippen LogP contribution >= 0.6 is 0 Å². The Balaban J connectivity index is 1.55. The quantitative estimate of drug-likeness (QED) is 0.603. The zero-order valence-electron chi connectivity index (χ0n) is 18.8.